The first-order valence-corrected chi connectivity index (χ1v) is 13.6. The van der Waals surface area contributed by atoms with Gasteiger partial charge in [-0.05, 0) is 66.9 Å². The Bertz CT molecular complexity index is 1440. The minimum Gasteiger partial charge on any atom is -0.453 e. The zero-order valence-electron chi connectivity index (χ0n) is 23.0. The summed E-state index contributed by atoms with van der Waals surface area (Å²) in [5, 5.41) is 11.4. The Kier molecular flexibility index (Phi) is 8.92. The van der Waals surface area contributed by atoms with Gasteiger partial charge in [-0.2, -0.15) is 0 Å². The highest BCUT2D eigenvalue weighted by Crippen LogP contribution is 2.37. The monoisotopic (exact) mass is 529 g/mol. The fourth-order valence-electron chi connectivity index (χ4n) is 4.58. The summed E-state index contributed by atoms with van der Waals surface area (Å²) in [4.78, 5) is 2.27. The molecular weight excluding hydrogens is 494 g/mol. The lowest BCUT2D eigenvalue weighted by Crippen LogP contribution is -2.28. The Balaban J connectivity index is 1.40. The predicted molar refractivity (Wildman–Crippen MR) is 161 cm³/mol. The van der Waals surface area contributed by atoms with Crippen LogP contribution in [0.2, 0.25) is 0 Å². The summed E-state index contributed by atoms with van der Waals surface area (Å²) in [5.41, 5.74) is 5.50. The van der Waals surface area contributed by atoms with E-state index in [-0.39, 0.29) is 0 Å². The summed E-state index contributed by atoms with van der Waals surface area (Å²) in [6, 6.07) is 42.2. The lowest BCUT2D eigenvalue weighted by molar-refractivity contribution is 0.105. The second-order valence-corrected chi connectivity index (χ2v) is 10.2. The highest BCUT2D eigenvalue weighted by molar-refractivity contribution is 5.48. The molecule has 202 valence electrons. The Labute approximate surface area is 237 Å². The van der Waals surface area contributed by atoms with Crippen LogP contribution >= 0.6 is 0 Å². The number of ether oxygens (including phenoxy) is 2. The fraction of sp³-hybridized carbons (Fsp3) is 0.167. The molecule has 0 aliphatic rings. The third-order valence-corrected chi connectivity index (χ3v) is 6.78. The summed E-state index contributed by atoms with van der Waals surface area (Å²) in [7, 11) is 0. The van der Waals surface area contributed by atoms with Gasteiger partial charge in [-0.15, -0.1) is 0 Å². The van der Waals surface area contributed by atoms with E-state index in [1.807, 2.05) is 117 Å². The van der Waals surface area contributed by atoms with Crippen LogP contribution in [-0.2, 0) is 13.1 Å². The molecule has 1 atom stereocenters. The van der Waals surface area contributed by atoms with Crippen LogP contribution in [0.4, 0.5) is 0 Å². The topological polar surface area (TPSA) is 41.9 Å². The van der Waals surface area contributed by atoms with Crippen LogP contribution in [0.1, 0.15) is 33.9 Å². The molecule has 0 heterocycles. The maximum absolute atomic E-state index is 11.4. The van der Waals surface area contributed by atoms with Crippen molar-refractivity contribution in [3.05, 3.63) is 155 Å². The normalized spacial score (nSPS) is 11.8. The van der Waals surface area contributed by atoms with Crippen LogP contribution in [0, 0.1) is 13.8 Å². The highest BCUT2D eigenvalue weighted by Gasteiger charge is 2.18. The van der Waals surface area contributed by atoms with Crippen LogP contribution in [0.3, 0.4) is 0 Å². The van der Waals surface area contributed by atoms with Gasteiger partial charge in [-0.3, -0.25) is 4.90 Å². The van der Waals surface area contributed by atoms with E-state index in [9.17, 15) is 5.11 Å². The Morgan fingerprint density at radius 3 is 1.55 bits per heavy atom. The minimum absolute atomic E-state index is 0.464. The van der Waals surface area contributed by atoms with Gasteiger partial charge in [0, 0.05) is 19.6 Å². The second kappa shape index (κ2) is 13.1. The van der Waals surface area contributed by atoms with Crippen LogP contribution in [0.15, 0.2) is 127 Å². The quantitative estimate of drug-likeness (QED) is 0.186. The van der Waals surface area contributed by atoms with Crippen LogP contribution in [-0.4, -0.2) is 16.6 Å². The van der Waals surface area contributed by atoms with Crippen molar-refractivity contribution >= 4 is 0 Å². The molecule has 0 spiro atoms. The van der Waals surface area contributed by atoms with Crippen LogP contribution < -0.4 is 9.47 Å². The summed E-state index contributed by atoms with van der Waals surface area (Å²) >= 11 is 0. The minimum atomic E-state index is -0.721. The van der Waals surface area contributed by atoms with Gasteiger partial charge >= 0.3 is 0 Å². The predicted octanol–water partition coefficient (Wildman–Crippen LogP) is 8.62. The van der Waals surface area contributed by atoms with Crippen molar-refractivity contribution in [3.8, 4) is 23.0 Å². The first-order valence-electron chi connectivity index (χ1n) is 13.6. The molecule has 5 rings (SSSR count). The first-order chi connectivity index (χ1) is 19.5. The van der Waals surface area contributed by atoms with E-state index in [2.05, 4.69) is 29.2 Å². The van der Waals surface area contributed by atoms with Gasteiger partial charge in [0.25, 0.3) is 0 Å². The van der Waals surface area contributed by atoms with Crippen molar-refractivity contribution in [2.24, 2.45) is 0 Å². The number of hydrogen-bond acceptors (Lipinski definition) is 4. The molecule has 1 N–H and O–H groups in total. The average Bonchev–Trinajstić information content (AvgIpc) is 2.97. The maximum Gasteiger partial charge on any atom is 0.170 e. The van der Waals surface area contributed by atoms with Gasteiger partial charge in [0.15, 0.2) is 11.5 Å². The van der Waals surface area contributed by atoms with E-state index in [0.717, 1.165) is 35.5 Å². The molecular formula is C36H35NO3. The van der Waals surface area contributed by atoms with Crippen LogP contribution in [0.25, 0.3) is 0 Å². The van der Waals surface area contributed by atoms with Crippen molar-refractivity contribution in [2.75, 3.05) is 6.54 Å². The molecule has 0 aromatic heterocycles. The Hall–Kier alpha value is -4.38. The van der Waals surface area contributed by atoms with Crippen molar-refractivity contribution in [3.63, 3.8) is 0 Å². The molecule has 0 saturated carbocycles. The highest BCUT2D eigenvalue weighted by atomic mass is 16.5. The SMILES string of the molecule is Cc1ccc(Oc2ccc(C(O)CN(Cc3ccccc3)Cc3ccccc3)cc2Oc2ccc(C)cc2)cc1. The summed E-state index contributed by atoms with van der Waals surface area (Å²) < 4.78 is 12.5. The van der Waals surface area contributed by atoms with E-state index < -0.39 is 6.10 Å². The molecule has 4 nitrogen and oxygen atoms in total. The zero-order chi connectivity index (χ0) is 27.7. The standard InChI is InChI=1S/C36H35NO3/c1-27-13-18-32(19-14-27)39-35-22-17-31(23-36(35)40-33-20-15-28(2)16-21-33)34(38)26-37(24-29-9-5-3-6-10-29)25-30-11-7-4-8-12-30/h3-23,34,38H,24-26H2,1-2H3. The summed E-state index contributed by atoms with van der Waals surface area (Å²) in [6.45, 7) is 6.02. The van der Waals surface area contributed by atoms with E-state index in [4.69, 9.17) is 9.47 Å². The lowest BCUT2D eigenvalue weighted by atomic mass is 10.1. The molecule has 0 bridgehead atoms. The second-order valence-electron chi connectivity index (χ2n) is 10.2. The summed E-state index contributed by atoms with van der Waals surface area (Å²) in [6.07, 6.45) is -0.721. The number of aliphatic hydroxyl groups excluding tert-OH is 1. The van der Waals surface area contributed by atoms with Gasteiger partial charge in [0.2, 0.25) is 0 Å². The Morgan fingerprint density at radius 2 is 1.05 bits per heavy atom. The molecule has 0 aliphatic carbocycles. The number of nitrogens with zero attached hydrogens (tertiary/aromatic N) is 1. The van der Waals surface area contributed by atoms with E-state index in [1.165, 1.54) is 11.1 Å². The number of aryl methyl sites for hydroxylation is 2. The summed E-state index contributed by atoms with van der Waals surface area (Å²) in [5.74, 6) is 2.58. The Morgan fingerprint density at radius 1 is 0.575 bits per heavy atom. The molecule has 0 fully saturated rings. The van der Waals surface area contributed by atoms with Gasteiger partial charge in [0.1, 0.15) is 11.5 Å². The average molecular weight is 530 g/mol. The van der Waals surface area contributed by atoms with Gasteiger partial charge < -0.3 is 14.6 Å². The smallest absolute Gasteiger partial charge is 0.170 e. The van der Waals surface area contributed by atoms with Crippen molar-refractivity contribution in [1.82, 2.24) is 4.90 Å². The molecule has 4 heteroatoms. The molecule has 40 heavy (non-hydrogen) atoms. The third kappa shape index (κ3) is 7.60. The largest absolute Gasteiger partial charge is 0.453 e. The first kappa shape index (κ1) is 27.2. The number of benzene rings is 5. The lowest BCUT2D eigenvalue weighted by Gasteiger charge is -2.26. The van der Waals surface area contributed by atoms with Gasteiger partial charge in [0.05, 0.1) is 6.10 Å². The number of hydrogen-bond donors (Lipinski definition) is 1. The van der Waals surface area contributed by atoms with E-state index in [1.54, 1.807) is 0 Å². The van der Waals surface area contributed by atoms with Crippen LogP contribution in [0.5, 0.6) is 23.0 Å². The fourth-order valence-corrected chi connectivity index (χ4v) is 4.58. The third-order valence-electron chi connectivity index (χ3n) is 6.78. The van der Waals surface area contributed by atoms with E-state index in [0.29, 0.717) is 23.8 Å². The van der Waals surface area contributed by atoms with Crippen molar-refractivity contribution in [2.45, 2.75) is 33.0 Å². The van der Waals surface area contributed by atoms with Gasteiger partial charge in [-0.25, -0.2) is 0 Å². The van der Waals surface area contributed by atoms with E-state index >= 15 is 0 Å². The molecule has 0 aliphatic heterocycles. The molecule has 5 aromatic rings. The molecule has 1 unspecified atom stereocenters. The number of aliphatic hydroxyl groups is 1. The van der Waals surface area contributed by atoms with Crippen molar-refractivity contribution in [1.29, 1.82) is 0 Å². The maximum atomic E-state index is 11.4. The van der Waals surface area contributed by atoms with Crippen molar-refractivity contribution < 1.29 is 14.6 Å². The molecule has 0 radical (unpaired) electrons. The molecule has 0 saturated heterocycles. The number of rotatable bonds is 11. The zero-order valence-corrected chi connectivity index (χ0v) is 23.0. The van der Waals surface area contributed by atoms with Gasteiger partial charge in [-0.1, -0.05) is 102 Å². The molecule has 5 aromatic carbocycles. The molecule has 0 amide bonds.